The number of piperazine rings is 1. The molecule has 1 N–H and O–H groups in total. The molecule has 2 aromatic carbocycles. The van der Waals surface area contributed by atoms with Crippen LogP contribution in [-0.2, 0) is 13.1 Å². The van der Waals surface area contributed by atoms with E-state index in [1.807, 2.05) is 36.4 Å². The summed E-state index contributed by atoms with van der Waals surface area (Å²) >= 11 is 0. The molecule has 0 unspecified atom stereocenters. The summed E-state index contributed by atoms with van der Waals surface area (Å²) in [5, 5.41) is 2.88. The van der Waals surface area contributed by atoms with Crippen LogP contribution in [0.1, 0.15) is 21.7 Å². The number of rotatable bonds is 6. The van der Waals surface area contributed by atoms with E-state index >= 15 is 0 Å². The number of hydrogen-bond acceptors (Lipinski definition) is 4. The van der Waals surface area contributed by atoms with Gasteiger partial charge in [0, 0.05) is 44.0 Å². The van der Waals surface area contributed by atoms with Gasteiger partial charge in [0.05, 0.1) is 12.8 Å². The molecule has 1 aliphatic rings. The highest BCUT2D eigenvalue weighted by molar-refractivity contribution is 5.94. The van der Waals surface area contributed by atoms with Gasteiger partial charge < -0.3 is 14.6 Å². The highest BCUT2D eigenvalue weighted by atomic mass is 19.1. The van der Waals surface area contributed by atoms with E-state index in [0.29, 0.717) is 12.1 Å². The summed E-state index contributed by atoms with van der Waals surface area (Å²) in [6, 6.07) is 18.1. The largest absolute Gasteiger partial charge is 0.467 e. The Morgan fingerprint density at radius 3 is 2.52 bits per heavy atom. The van der Waals surface area contributed by atoms with Gasteiger partial charge >= 0.3 is 0 Å². The summed E-state index contributed by atoms with van der Waals surface area (Å²) in [5.41, 5.74) is 2.83. The molecule has 1 amide bonds. The van der Waals surface area contributed by atoms with E-state index in [1.165, 1.54) is 12.1 Å². The van der Waals surface area contributed by atoms with E-state index in [0.717, 1.165) is 49.7 Å². The molecule has 0 spiro atoms. The van der Waals surface area contributed by atoms with E-state index in [-0.39, 0.29) is 11.7 Å². The fraction of sp³-hybridized carbons (Fsp3) is 0.261. The number of furan rings is 1. The summed E-state index contributed by atoms with van der Waals surface area (Å²) in [7, 11) is 0. The monoisotopic (exact) mass is 393 g/mol. The Morgan fingerprint density at radius 2 is 1.79 bits per heavy atom. The van der Waals surface area contributed by atoms with Crippen molar-refractivity contribution >= 4 is 11.6 Å². The molecule has 1 saturated heterocycles. The molecule has 1 fully saturated rings. The van der Waals surface area contributed by atoms with Crippen LogP contribution >= 0.6 is 0 Å². The number of hydrogen-bond donors (Lipinski definition) is 1. The van der Waals surface area contributed by atoms with Crippen molar-refractivity contribution in [2.24, 2.45) is 0 Å². The van der Waals surface area contributed by atoms with Gasteiger partial charge in [-0.15, -0.1) is 0 Å². The summed E-state index contributed by atoms with van der Waals surface area (Å²) < 4.78 is 18.4. The van der Waals surface area contributed by atoms with Gasteiger partial charge in [0.25, 0.3) is 5.91 Å². The van der Waals surface area contributed by atoms with Gasteiger partial charge in [0.2, 0.25) is 0 Å². The van der Waals surface area contributed by atoms with Crippen molar-refractivity contribution in [3.05, 3.63) is 89.6 Å². The maximum absolute atomic E-state index is 13.1. The molecule has 29 heavy (non-hydrogen) atoms. The Hall–Kier alpha value is -3.12. The molecule has 5 nitrogen and oxygen atoms in total. The number of benzene rings is 2. The van der Waals surface area contributed by atoms with Crippen LogP contribution in [0, 0.1) is 5.82 Å². The van der Waals surface area contributed by atoms with Crippen molar-refractivity contribution in [3.8, 4) is 0 Å². The van der Waals surface area contributed by atoms with Gasteiger partial charge in [-0.2, -0.15) is 0 Å². The second kappa shape index (κ2) is 8.92. The summed E-state index contributed by atoms with van der Waals surface area (Å²) in [6.07, 6.45) is 1.60. The number of anilines is 1. The lowest BCUT2D eigenvalue weighted by Crippen LogP contribution is -2.46. The maximum Gasteiger partial charge on any atom is 0.251 e. The molecule has 0 radical (unpaired) electrons. The Kier molecular flexibility index (Phi) is 5.91. The number of nitrogens with one attached hydrogen (secondary N) is 1. The Balaban J connectivity index is 1.30. The van der Waals surface area contributed by atoms with Crippen molar-refractivity contribution < 1.29 is 13.6 Å². The molecule has 3 aromatic rings. The van der Waals surface area contributed by atoms with Crippen LogP contribution in [0.5, 0.6) is 0 Å². The first-order valence-electron chi connectivity index (χ1n) is 9.80. The van der Waals surface area contributed by atoms with E-state index in [4.69, 9.17) is 4.42 Å². The summed E-state index contributed by atoms with van der Waals surface area (Å²) in [4.78, 5) is 17.1. The fourth-order valence-electron chi connectivity index (χ4n) is 3.57. The lowest BCUT2D eigenvalue weighted by molar-refractivity contribution is 0.0948. The second-order valence-electron chi connectivity index (χ2n) is 7.20. The molecule has 0 bridgehead atoms. The average molecular weight is 393 g/mol. The highest BCUT2D eigenvalue weighted by Gasteiger charge is 2.18. The number of carbonyl (C=O) groups is 1. The average Bonchev–Trinajstić information content (AvgIpc) is 3.27. The van der Waals surface area contributed by atoms with Crippen molar-refractivity contribution in [1.29, 1.82) is 0 Å². The van der Waals surface area contributed by atoms with Gasteiger partial charge in [0.1, 0.15) is 11.6 Å². The van der Waals surface area contributed by atoms with Crippen molar-refractivity contribution in [2.75, 3.05) is 31.1 Å². The van der Waals surface area contributed by atoms with Crippen LogP contribution in [-0.4, -0.2) is 37.0 Å². The molecular weight excluding hydrogens is 369 g/mol. The Morgan fingerprint density at radius 1 is 1.00 bits per heavy atom. The normalized spacial score (nSPS) is 14.7. The van der Waals surface area contributed by atoms with Crippen LogP contribution in [0.25, 0.3) is 0 Å². The number of nitrogens with zero attached hydrogens (tertiary/aromatic N) is 2. The summed E-state index contributed by atoms with van der Waals surface area (Å²) in [5.74, 6) is 0.415. The van der Waals surface area contributed by atoms with Gasteiger partial charge in [-0.3, -0.25) is 9.69 Å². The minimum absolute atomic E-state index is 0.107. The molecular formula is C23H24FN3O2. The van der Waals surface area contributed by atoms with Gasteiger partial charge in [-0.25, -0.2) is 4.39 Å². The zero-order valence-electron chi connectivity index (χ0n) is 16.2. The predicted molar refractivity (Wildman–Crippen MR) is 110 cm³/mol. The lowest BCUT2D eigenvalue weighted by atomic mass is 10.1. The van der Waals surface area contributed by atoms with E-state index in [9.17, 15) is 9.18 Å². The zero-order chi connectivity index (χ0) is 20.1. The minimum Gasteiger partial charge on any atom is -0.467 e. The van der Waals surface area contributed by atoms with E-state index in [2.05, 4.69) is 21.2 Å². The molecule has 4 rings (SSSR count). The first kappa shape index (κ1) is 19.2. The van der Waals surface area contributed by atoms with Crippen molar-refractivity contribution in [1.82, 2.24) is 10.2 Å². The molecule has 1 aromatic heterocycles. The van der Waals surface area contributed by atoms with Crippen LogP contribution in [0.3, 0.4) is 0 Å². The second-order valence-corrected chi connectivity index (χ2v) is 7.20. The molecule has 2 heterocycles. The van der Waals surface area contributed by atoms with Crippen LogP contribution in [0.4, 0.5) is 10.1 Å². The molecule has 1 aliphatic heterocycles. The minimum atomic E-state index is -0.208. The number of amides is 1. The standard InChI is InChI=1S/C23H24FN3O2/c24-20-6-8-21(9-7-20)27-12-10-26(11-13-27)17-18-3-1-4-19(15-18)23(28)25-16-22-5-2-14-29-22/h1-9,14-15H,10-13,16-17H2,(H,25,28). The first-order chi connectivity index (χ1) is 14.2. The van der Waals surface area contributed by atoms with Gasteiger partial charge in [-0.05, 0) is 54.1 Å². The van der Waals surface area contributed by atoms with Crippen LogP contribution < -0.4 is 10.2 Å². The van der Waals surface area contributed by atoms with Crippen molar-refractivity contribution in [2.45, 2.75) is 13.1 Å². The SMILES string of the molecule is O=C(NCc1ccco1)c1cccc(CN2CCN(c3ccc(F)cc3)CC2)c1. The van der Waals surface area contributed by atoms with Crippen LogP contribution in [0.2, 0.25) is 0 Å². The van der Waals surface area contributed by atoms with Gasteiger partial charge in [0.15, 0.2) is 0 Å². The Bertz CT molecular complexity index is 933. The maximum atomic E-state index is 13.1. The number of carbonyl (C=O) groups excluding carboxylic acids is 1. The van der Waals surface area contributed by atoms with E-state index < -0.39 is 0 Å². The van der Waals surface area contributed by atoms with Gasteiger partial charge in [-0.1, -0.05) is 12.1 Å². The highest BCUT2D eigenvalue weighted by Crippen LogP contribution is 2.18. The zero-order valence-corrected chi connectivity index (χ0v) is 16.2. The molecule has 0 saturated carbocycles. The first-order valence-corrected chi connectivity index (χ1v) is 9.80. The molecule has 6 heteroatoms. The smallest absolute Gasteiger partial charge is 0.251 e. The Labute approximate surface area is 169 Å². The third kappa shape index (κ3) is 5.03. The third-order valence-electron chi connectivity index (χ3n) is 5.16. The van der Waals surface area contributed by atoms with Crippen molar-refractivity contribution in [3.63, 3.8) is 0 Å². The fourth-order valence-corrected chi connectivity index (χ4v) is 3.57. The predicted octanol–water partition coefficient (Wildman–Crippen LogP) is 3.67. The quantitative estimate of drug-likeness (QED) is 0.694. The van der Waals surface area contributed by atoms with E-state index in [1.54, 1.807) is 12.3 Å². The molecule has 0 aliphatic carbocycles. The lowest BCUT2D eigenvalue weighted by Gasteiger charge is -2.36. The van der Waals surface area contributed by atoms with Crippen LogP contribution in [0.15, 0.2) is 71.3 Å². The number of halogens is 1. The molecule has 0 atom stereocenters. The summed E-state index contributed by atoms with van der Waals surface area (Å²) in [6.45, 7) is 4.82. The third-order valence-corrected chi connectivity index (χ3v) is 5.16. The molecule has 150 valence electrons. The topological polar surface area (TPSA) is 48.7 Å².